The van der Waals surface area contributed by atoms with Gasteiger partial charge in [-0.2, -0.15) is 0 Å². The van der Waals surface area contributed by atoms with Gasteiger partial charge in [-0.1, -0.05) is 13.0 Å². The Labute approximate surface area is 80.7 Å². The van der Waals surface area contributed by atoms with Gasteiger partial charge in [-0.3, -0.25) is 4.90 Å². The quantitative estimate of drug-likeness (QED) is 0.484. The van der Waals surface area contributed by atoms with E-state index in [0.717, 1.165) is 6.67 Å². The summed E-state index contributed by atoms with van der Waals surface area (Å²) < 4.78 is 0. The summed E-state index contributed by atoms with van der Waals surface area (Å²) in [7, 11) is 2.04. The summed E-state index contributed by atoms with van der Waals surface area (Å²) in [4.78, 5) is 8.52. The largest absolute Gasteiger partial charge is 0.353 e. The number of likely N-dealkylation sites (tertiary alicyclic amines) is 1. The number of nitrogens with zero attached hydrogens (tertiary/aromatic N) is 3. The van der Waals surface area contributed by atoms with Gasteiger partial charge in [0, 0.05) is 13.2 Å². The van der Waals surface area contributed by atoms with E-state index in [0.29, 0.717) is 0 Å². The van der Waals surface area contributed by atoms with Crippen LogP contribution in [0.4, 0.5) is 0 Å². The first-order valence-corrected chi connectivity index (χ1v) is 4.89. The molecule has 1 saturated heterocycles. The summed E-state index contributed by atoms with van der Waals surface area (Å²) in [5.74, 6) is 0. The molecular weight excluding hydrogens is 162 g/mol. The van der Waals surface area contributed by atoms with Crippen LogP contribution in [0.2, 0.25) is 0 Å². The summed E-state index contributed by atoms with van der Waals surface area (Å²) in [6.07, 6.45) is 7.45. The summed E-state index contributed by atoms with van der Waals surface area (Å²) in [6, 6.07) is 0. The van der Waals surface area contributed by atoms with Crippen LogP contribution in [0, 0.1) is 0 Å². The summed E-state index contributed by atoms with van der Waals surface area (Å²) in [6.45, 7) is 6.98. The highest BCUT2D eigenvalue weighted by atomic mass is 15.3. The van der Waals surface area contributed by atoms with Gasteiger partial charge in [-0.05, 0) is 25.9 Å². The molecule has 1 fully saturated rings. The molecule has 0 amide bonds. The summed E-state index contributed by atoms with van der Waals surface area (Å²) in [5, 5.41) is 0. The molecule has 1 aliphatic heterocycles. The minimum absolute atomic E-state index is 0.983. The number of piperidine rings is 1. The predicted molar refractivity (Wildman–Crippen MR) is 56.7 cm³/mol. The molecule has 0 aromatic rings. The Morgan fingerprint density at radius 3 is 2.69 bits per heavy atom. The number of rotatable bonds is 4. The van der Waals surface area contributed by atoms with Gasteiger partial charge in [0.15, 0.2) is 0 Å². The van der Waals surface area contributed by atoms with Crippen molar-refractivity contribution in [3.63, 3.8) is 0 Å². The van der Waals surface area contributed by atoms with Crippen molar-refractivity contribution in [1.29, 1.82) is 0 Å². The van der Waals surface area contributed by atoms with Crippen LogP contribution in [0.15, 0.2) is 17.8 Å². The maximum absolute atomic E-state index is 3.98. The van der Waals surface area contributed by atoms with Gasteiger partial charge in [0.1, 0.15) is 0 Å². The molecule has 1 aliphatic rings. The fourth-order valence-corrected chi connectivity index (χ4v) is 1.61. The maximum atomic E-state index is 3.98. The highest BCUT2D eigenvalue weighted by Gasteiger charge is 2.09. The molecule has 0 aromatic heterocycles. The smallest absolute Gasteiger partial charge is 0.0912 e. The lowest BCUT2D eigenvalue weighted by molar-refractivity contribution is 0.175. The van der Waals surface area contributed by atoms with Gasteiger partial charge < -0.3 is 4.90 Å². The van der Waals surface area contributed by atoms with Crippen molar-refractivity contribution in [2.45, 2.75) is 19.3 Å². The Morgan fingerprint density at radius 1 is 1.38 bits per heavy atom. The minimum Gasteiger partial charge on any atom is -0.353 e. The molecule has 0 saturated carbocycles. The lowest BCUT2D eigenvalue weighted by atomic mass is 10.1. The average Bonchev–Trinajstić information content (AvgIpc) is 2.16. The van der Waals surface area contributed by atoms with Crippen molar-refractivity contribution in [3.8, 4) is 0 Å². The van der Waals surface area contributed by atoms with Gasteiger partial charge in [0.2, 0.25) is 0 Å². The van der Waals surface area contributed by atoms with E-state index in [4.69, 9.17) is 0 Å². The number of aliphatic imine (C=N–C) groups is 1. The van der Waals surface area contributed by atoms with E-state index >= 15 is 0 Å². The second-order valence-corrected chi connectivity index (χ2v) is 3.52. The zero-order chi connectivity index (χ0) is 9.52. The van der Waals surface area contributed by atoms with Crippen molar-refractivity contribution in [2.75, 3.05) is 26.8 Å². The maximum Gasteiger partial charge on any atom is 0.0912 e. The molecule has 0 aromatic carbocycles. The first-order chi connectivity index (χ1) is 6.33. The first kappa shape index (κ1) is 10.3. The Kier molecular flexibility index (Phi) is 4.54. The van der Waals surface area contributed by atoms with Crippen molar-refractivity contribution < 1.29 is 0 Å². The molecule has 0 spiro atoms. The molecule has 0 aliphatic carbocycles. The fraction of sp³-hybridized carbons (Fsp3) is 0.700. The summed E-state index contributed by atoms with van der Waals surface area (Å²) >= 11 is 0. The SMILES string of the molecule is C=CN=CN(C)CN1CCCCC1. The molecular formula is C10H19N3. The van der Waals surface area contributed by atoms with E-state index in [1.54, 1.807) is 6.20 Å². The zero-order valence-electron chi connectivity index (χ0n) is 8.45. The van der Waals surface area contributed by atoms with E-state index in [-0.39, 0.29) is 0 Å². The van der Waals surface area contributed by atoms with Gasteiger partial charge in [-0.15, -0.1) is 0 Å². The topological polar surface area (TPSA) is 18.8 Å². The van der Waals surface area contributed by atoms with Crippen LogP contribution in [-0.2, 0) is 0 Å². The Bertz CT molecular complexity index is 171. The van der Waals surface area contributed by atoms with E-state index in [1.807, 2.05) is 13.4 Å². The van der Waals surface area contributed by atoms with Crippen LogP contribution in [0.3, 0.4) is 0 Å². The highest BCUT2D eigenvalue weighted by molar-refractivity contribution is 5.54. The molecule has 3 heteroatoms. The highest BCUT2D eigenvalue weighted by Crippen LogP contribution is 2.07. The molecule has 0 radical (unpaired) electrons. The van der Waals surface area contributed by atoms with Gasteiger partial charge in [-0.25, -0.2) is 4.99 Å². The number of hydrogen-bond acceptors (Lipinski definition) is 2. The van der Waals surface area contributed by atoms with E-state index < -0.39 is 0 Å². The van der Waals surface area contributed by atoms with Gasteiger partial charge >= 0.3 is 0 Å². The van der Waals surface area contributed by atoms with Crippen molar-refractivity contribution in [1.82, 2.24) is 9.80 Å². The van der Waals surface area contributed by atoms with Crippen LogP contribution in [0.5, 0.6) is 0 Å². The van der Waals surface area contributed by atoms with Crippen molar-refractivity contribution in [3.05, 3.63) is 12.8 Å². The Balaban J connectivity index is 2.21. The Morgan fingerprint density at radius 2 is 2.08 bits per heavy atom. The molecule has 13 heavy (non-hydrogen) atoms. The van der Waals surface area contributed by atoms with Crippen molar-refractivity contribution >= 4 is 6.34 Å². The lowest BCUT2D eigenvalue weighted by Crippen LogP contribution is -2.38. The molecule has 0 unspecified atom stereocenters. The third-order valence-electron chi connectivity index (χ3n) is 2.24. The second-order valence-electron chi connectivity index (χ2n) is 3.52. The van der Waals surface area contributed by atoms with Crippen LogP contribution in [0.1, 0.15) is 19.3 Å². The average molecular weight is 181 g/mol. The second kappa shape index (κ2) is 5.75. The van der Waals surface area contributed by atoms with Crippen molar-refractivity contribution in [2.24, 2.45) is 4.99 Å². The normalized spacial score (nSPS) is 19.2. The van der Waals surface area contributed by atoms with Gasteiger partial charge in [0.05, 0.1) is 13.0 Å². The van der Waals surface area contributed by atoms with E-state index in [2.05, 4.69) is 21.4 Å². The first-order valence-electron chi connectivity index (χ1n) is 4.89. The molecule has 0 N–H and O–H groups in total. The van der Waals surface area contributed by atoms with Crippen LogP contribution >= 0.6 is 0 Å². The van der Waals surface area contributed by atoms with Crippen LogP contribution in [-0.4, -0.2) is 42.9 Å². The third-order valence-corrected chi connectivity index (χ3v) is 2.24. The molecule has 0 bridgehead atoms. The molecule has 3 nitrogen and oxygen atoms in total. The van der Waals surface area contributed by atoms with Gasteiger partial charge in [0.25, 0.3) is 0 Å². The molecule has 74 valence electrons. The monoisotopic (exact) mass is 181 g/mol. The standard InChI is InChI=1S/C10H19N3/c1-3-11-9-12(2)10-13-7-5-4-6-8-13/h3,9H,1,4-8,10H2,2H3. The van der Waals surface area contributed by atoms with Crippen LogP contribution < -0.4 is 0 Å². The molecule has 0 atom stereocenters. The number of hydrogen-bond donors (Lipinski definition) is 0. The predicted octanol–water partition coefficient (Wildman–Crippen LogP) is 1.53. The molecule has 1 rings (SSSR count). The lowest BCUT2D eigenvalue weighted by Gasteiger charge is -2.29. The molecule has 1 heterocycles. The third kappa shape index (κ3) is 4.08. The zero-order valence-corrected chi connectivity index (χ0v) is 8.45. The van der Waals surface area contributed by atoms with Crippen LogP contribution in [0.25, 0.3) is 0 Å². The van der Waals surface area contributed by atoms with E-state index in [9.17, 15) is 0 Å². The Hall–Kier alpha value is -0.830. The minimum atomic E-state index is 0.983. The summed E-state index contributed by atoms with van der Waals surface area (Å²) in [5.41, 5.74) is 0. The van der Waals surface area contributed by atoms with E-state index in [1.165, 1.54) is 32.4 Å². The fourth-order valence-electron chi connectivity index (χ4n) is 1.61.